The van der Waals surface area contributed by atoms with Crippen LogP contribution in [-0.4, -0.2) is 46.0 Å². The maximum atomic E-state index is 12.2. The summed E-state index contributed by atoms with van der Waals surface area (Å²) in [6.45, 7) is 3.65. The fourth-order valence-corrected chi connectivity index (χ4v) is 4.43. The van der Waals surface area contributed by atoms with Crippen LogP contribution in [0.1, 0.15) is 17.5 Å². The molecule has 0 saturated carbocycles. The first-order valence-electron chi connectivity index (χ1n) is 10.8. The molecule has 0 aliphatic carbocycles. The van der Waals surface area contributed by atoms with Crippen molar-refractivity contribution in [2.75, 3.05) is 24.3 Å². The average molecular weight is 493 g/mol. The number of rotatable bonds is 7. The molecule has 3 amide bonds. The summed E-state index contributed by atoms with van der Waals surface area (Å²) in [5, 5.41) is 12.4. The van der Waals surface area contributed by atoms with E-state index in [4.69, 9.17) is 4.74 Å². The fraction of sp³-hybridized carbons (Fsp3) is 0.208. The van der Waals surface area contributed by atoms with Gasteiger partial charge in [0.05, 0.1) is 12.8 Å². The Morgan fingerprint density at radius 3 is 2.23 bits per heavy atom. The summed E-state index contributed by atoms with van der Waals surface area (Å²) in [6, 6.07) is 14.0. The van der Waals surface area contributed by atoms with Gasteiger partial charge in [0.25, 0.3) is 0 Å². The van der Waals surface area contributed by atoms with Gasteiger partial charge in [0.15, 0.2) is 5.82 Å². The summed E-state index contributed by atoms with van der Waals surface area (Å²) in [7, 11) is 1.62. The normalized spacial score (nSPS) is 10.7. The Bertz CT molecular complexity index is 1380. The Kier molecular flexibility index (Phi) is 7.06. The third kappa shape index (κ3) is 5.64. The number of nitrogens with one attached hydrogen (secondary N) is 3. The van der Waals surface area contributed by atoms with E-state index in [1.54, 1.807) is 35.9 Å². The first-order chi connectivity index (χ1) is 16.8. The van der Waals surface area contributed by atoms with Gasteiger partial charge in [-0.1, -0.05) is 11.3 Å². The number of anilines is 2. The third-order valence-electron chi connectivity index (χ3n) is 5.17. The molecular weight excluding hydrogens is 468 g/mol. The van der Waals surface area contributed by atoms with Crippen LogP contribution in [0.5, 0.6) is 5.75 Å². The predicted molar refractivity (Wildman–Crippen MR) is 134 cm³/mol. The van der Waals surface area contributed by atoms with Gasteiger partial charge in [0.2, 0.25) is 10.9 Å². The molecule has 0 atom stereocenters. The van der Waals surface area contributed by atoms with Crippen molar-refractivity contribution in [1.82, 2.24) is 19.9 Å². The lowest BCUT2D eigenvalue weighted by Gasteiger charge is -2.07. The molecule has 0 radical (unpaired) electrons. The van der Waals surface area contributed by atoms with Gasteiger partial charge in [-0.25, -0.2) is 4.52 Å². The summed E-state index contributed by atoms with van der Waals surface area (Å²) in [6.07, 6.45) is 0.545. The van der Waals surface area contributed by atoms with Crippen LogP contribution in [0, 0.1) is 6.92 Å². The number of thiazole rings is 1. The van der Waals surface area contributed by atoms with E-state index in [1.165, 1.54) is 18.3 Å². The van der Waals surface area contributed by atoms with Crippen molar-refractivity contribution >= 4 is 45.4 Å². The molecule has 0 fully saturated rings. The highest BCUT2D eigenvalue weighted by molar-refractivity contribution is 7.17. The Morgan fingerprint density at radius 1 is 0.971 bits per heavy atom. The molecule has 2 aromatic heterocycles. The predicted octanol–water partition coefficient (Wildman–Crippen LogP) is 3.03. The van der Waals surface area contributed by atoms with Crippen molar-refractivity contribution in [3.63, 3.8) is 0 Å². The van der Waals surface area contributed by atoms with E-state index in [0.29, 0.717) is 30.2 Å². The van der Waals surface area contributed by atoms with E-state index in [1.807, 2.05) is 31.2 Å². The topological polar surface area (TPSA) is 127 Å². The molecule has 4 aromatic rings. The SMILES string of the molecule is COc1ccc(-c2nc3sc(CCNC(=O)C(=O)Nc4ccc(NC(C)=O)cc4)c(C)n3n2)cc1. The largest absolute Gasteiger partial charge is 0.497 e. The number of methoxy groups -OCH3 is 1. The van der Waals surface area contributed by atoms with Crippen LogP contribution in [0.25, 0.3) is 16.3 Å². The zero-order valence-electron chi connectivity index (χ0n) is 19.4. The molecule has 0 bridgehead atoms. The second-order valence-corrected chi connectivity index (χ2v) is 8.75. The number of aryl methyl sites for hydroxylation is 1. The molecule has 0 saturated heterocycles. The van der Waals surface area contributed by atoms with Crippen molar-refractivity contribution in [1.29, 1.82) is 0 Å². The van der Waals surface area contributed by atoms with Gasteiger partial charge in [-0.05, 0) is 55.5 Å². The summed E-state index contributed by atoms with van der Waals surface area (Å²) in [4.78, 5) is 41.8. The van der Waals surface area contributed by atoms with Crippen LogP contribution in [0.4, 0.5) is 11.4 Å². The molecule has 3 N–H and O–H groups in total. The number of carbonyl (C=O) groups excluding carboxylic acids is 3. The summed E-state index contributed by atoms with van der Waals surface area (Å²) < 4.78 is 6.98. The molecule has 11 heteroatoms. The first-order valence-corrected chi connectivity index (χ1v) is 11.6. The van der Waals surface area contributed by atoms with Crippen molar-refractivity contribution in [3.8, 4) is 17.1 Å². The van der Waals surface area contributed by atoms with Gasteiger partial charge in [-0.15, -0.1) is 5.10 Å². The third-order valence-corrected chi connectivity index (χ3v) is 6.36. The van der Waals surface area contributed by atoms with Gasteiger partial charge in [0.1, 0.15) is 5.75 Å². The molecule has 0 unspecified atom stereocenters. The number of ether oxygens (including phenoxy) is 1. The van der Waals surface area contributed by atoms with Gasteiger partial charge < -0.3 is 20.7 Å². The smallest absolute Gasteiger partial charge is 0.313 e. The Hall–Kier alpha value is -4.25. The van der Waals surface area contributed by atoms with E-state index in [-0.39, 0.29) is 5.91 Å². The summed E-state index contributed by atoms with van der Waals surface area (Å²) in [5.41, 5.74) is 2.89. The standard InChI is InChI=1S/C24H24N6O4S/c1-14-20(35-24-28-21(29-30(14)24)16-4-10-19(34-3)11-5-16)12-13-25-22(32)23(33)27-18-8-6-17(7-9-18)26-15(2)31/h4-11H,12-13H2,1-3H3,(H,25,32)(H,26,31)(H,27,33). The highest BCUT2D eigenvalue weighted by Crippen LogP contribution is 2.26. The minimum Gasteiger partial charge on any atom is -0.497 e. The second kappa shape index (κ2) is 10.3. The number of hydrogen-bond donors (Lipinski definition) is 3. The Morgan fingerprint density at radius 2 is 1.63 bits per heavy atom. The number of nitrogens with zero attached hydrogens (tertiary/aromatic N) is 3. The van der Waals surface area contributed by atoms with Gasteiger partial charge in [0, 0.05) is 41.7 Å². The van der Waals surface area contributed by atoms with Crippen LogP contribution in [0.2, 0.25) is 0 Å². The van der Waals surface area contributed by atoms with Gasteiger partial charge in [-0.3, -0.25) is 14.4 Å². The molecular formula is C24H24N6O4S. The zero-order chi connectivity index (χ0) is 24.9. The zero-order valence-corrected chi connectivity index (χ0v) is 20.2. The number of carbonyl (C=O) groups is 3. The lowest BCUT2D eigenvalue weighted by Crippen LogP contribution is -2.36. The Labute approximate surface area is 205 Å². The number of aromatic nitrogens is 3. The van der Waals surface area contributed by atoms with Gasteiger partial charge >= 0.3 is 11.8 Å². The molecule has 0 aliphatic rings. The summed E-state index contributed by atoms with van der Waals surface area (Å²) in [5.74, 6) is -0.285. The highest BCUT2D eigenvalue weighted by Gasteiger charge is 2.16. The highest BCUT2D eigenvalue weighted by atomic mass is 32.1. The van der Waals surface area contributed by atoms with E-state index in [9.17, 15) is 14.4 Å². The number of amides is 3. The molecule has 35 heavy (non-hydrogen) atoms. The van der Waals surface area contributed by atoms with E-state index < -0.39 is 11.8 Å². The van der Waals surface area contributed by atoms with E-state index in [0.717, 1.165) is 26.8 Å². The molecule has 10 nitrogen and oxygen atoms in total. The quantitative estimate of drug-likeness (QED) is 0.341. The summed E-state index contributed by atoms with van der Waals surface area (Å²) >= 11 is 1.50. The lowest BCUT2D eigenvalue weighted by atomic mass is 10.2. The molecule has 2 heterocycles. The van der Waals surface area contributed by atoms with Crippen molar-refractivity contribution < 1.29 is 19.1 Å². The van der Waals surface area contributed by atoms with Gasteiger partial charge in [-0.2, -0.15) is 4.98 Å². The molecule has 0 aliphatic heterocycles. The van der Waals surface area contributed by atoms with Crippen molar-refractivity contribution in [3.05, 3.63) is 59.1 Å². The maximum absolute atomic E-state index is 12.2. The lowest BCUT2D eigenvalue weighted by molar-refractivity contribution is -0.136. The fourth-order valence-electron chi connectivity index (χ4n) is 3.38. The minimum atomic E-state index is -0.763. The van der Waals surface area contributed by atoms with Crippen LogP contribution >= 0.6 is 11.3 Å². The average Bonchev–Trinajstić information content (AvgIpc) is 3.39. The molecule has 4 rings (SSSR count). The minimum absolute atomic E-state index is 0.191. The molecule has 2 aromatic carbocycles. The second-order valence-electron chi connectivity index (χ2n) is 7.69. The number of hydrogen-bond acceptors (Lipinski definition) is 7. The van der Waals surface area contributed by atoms with Crippen molar-refractivity contribution in [2.24, 2.45) is 0 Å². The Balaban J connectivity index is 1.31. The first kappa shape index (κ1) is 23.9. The van der Waals surface area contributed by atoms with E-state index in [2.05, 4.69) is 26.0 Å². The van der Waals surface area contributed by atoms with Crippen LogP contribution in [-0.2, 0) is 20.8 Å². The maximum Gasteiger partial charge on any atom is 0.313 e. The van der Waals surface area contributed by atoms with E-state index >= 15 is 0 Å². The van der Waals surface area contributed by atoms with Crippen LogP contribution < -0.4 is 20.7 Å². The molecule has 0 spiro atoms. The monoisotopic (exact) mass is 492 g/mol. The molecule has 180 valence electrons. The van der Waals surface area contributed by atoms with Crippen molar-refractivity contribution in [2.45, 2.75) is 20.3 Å². The van der Waals surface area contributed by atoms with Crippen LogP contribution in [0.15, 0.2) is 48.5 Å². The van der Waals surface area contributed by atoms with Crippen LogP contribution in [0.3, 0.4) is 0 Å². The number of benzene rings is 2. The number of fused-ring (bicyclic) bond motifs is 1.